The molecule has 0 radical (unpaired) electrons. The molecule has 1 atom stereocenters. The third-order valence-electron chi connectivity index (χ3n) is 6.04. The number of rotatable bonds is 4. The van der Waals surface area contributed by atoms with Crippen molar-refractivity contribution in [2.75, 3.05) is 13.1 Å². The second kappa shape index (κ2) is 7.26. The van der Waals surface area contributed by atoms with Crippen LogP contribution >= 0.6 is 0 Å². The van der Waals surface area contributed by atoms with Crippen molar-refractivity contribution < 1.29 is 13.2 Å². The number of carbonyl (C=O) groups is 1. The van der Waals surface area contributed by atoms with Gasteiger partial charge in [0.05, 0.1) is 22.5 Å². The lowest BCUT2D eigenvalue weighted by Gasteiger charge is -2.36. The molecular weight excluding hydrogens is 380 g/mol. The van der Waals surface area contributed by atoms with Crippen LogP contribution in [0.15, 0.2) is 4.79 Å². The lowest BCUT2D eigenvalue weighted by atomic mass is 10.00. The van der Waals surface area contributed by atoms with Gasteiger partial charge < -0.3 is 9.88 Å². The van der Waals surface area contributed by atoms with Gasteiger partial charge in [0.1, 0.15) is 5.82 Å². The summed E-state index contributed by atoms with van der Waals surface area (Å²) in [7, 11) is -3.41. The van der Waals surface area contributed by atoms with Crippen molar-refractivity contribution in [3.05, 3.63) is 27.4 Å². The van der Waals surface area contributed by atoms with Crippen LogP contribution in [0.2, 0.25) is 0 Å². The third-order valence-corrected chi connectivity index (χ3v) is 8.26. The summed E-state index contributed by atoms with van der Waals surface area (Å²) in [6.45, 7) is 4.39. The Hall–Kier alpha value is -1.74. The van der Waals surface area contributed by atoms with Crippen LogP contribution in [0.1, 0.15) is 69.1 Å². The zero-order valence-corrected chi connectivity index (χ0v) is 17.3. The number of hydrogen-bond donors (Lipinski definition) is 1. The smallest absolute Gasteiger partial charge is 0.255 e. The van der Waals surface area contributed by atoms with Gasteiger partial charge in [-0.1, -0.05) is 0 Å². The van der Waals surface area contributed by atoms with E-state index in [0.29, 0.717) is 36.6 Å². The predicted molar refractivity (Wildman–Crippen MR) is 104 cm³/mol. The average molecular weight is 409 g/mol. The van der Waals surface area contributed by atoms with Gasteiger partial charge in [-0.15, -0.1) is 0 Å². The number of carbonyl (C=O) groups excluding carboxylic acids is 1. The van der Waals surface area contributed by atoms with E-state index >= 15 is 0 Å². The van der Waals surface area contributed by atoms with Crippen molar-refractivity contribution in [3.8, 4) is 0 Å². The van der Waals surface area contributed by atoms with Gasteiger partial charge >= 0.3 is 0 Å². The van der Waals surface area contributed by atoms with Crippen LogP contribution in [0.5, 0.6) is 0 Å². The fourth-order valence-electron chi connectivity index (χ4n) is 4.14. The SMILES string of the molecule is CC(C)S(=O)(=O)N1CCc2nc([C@@H]3CCCCN3C(=O)C3CC3)[nH]c(=O)c2C1. The second-order valence-corrected chi connectivity index (χ2v) is 10.9. The van der Waals surface area contributed by atoms with Gasteiger partial charge in [0.25, 0.3) is 5.56 Å². The highest BCUT2D eigenvalue weighted by molar-refractivity contribution is 7.89. The number of likely N-dealkylation sites (tertiary alicyclic amines) is 1. The number of aromatic nitrogens is 2. The average Bonchev–Trinajstić information content (AvgIpc) is 3.52. The van der Waals surface area contributed by atoms with E-state index in [1.54, 1.807) is 13.8 Å². The van der Waals surface area contributed by atoms with Gasteiger partial charge in [0.15, 0.2) is 0 Å². The number of nitrogens with zero attached hydrogens (tertiary/aromatic N) is 3. The highest BCUT2D eigenvalue weighted by Gasteiger charge is 2.39. The summed E-state index contributed by atoms with van der Waals surface area (Å²) in [5.74, 6) is 0.872. The first-order valence-electron chi connectivity index (χ1n) is 10.2. The fraction of sp³-hybridized carbons (Fsp3) is 0.737. The van der Waals surface area contributed by atoms with Crippen molar-refractivity contribution in [2.24, 2.45) is 5.92 Å². The minimum atomic E-state index is -3.41. The van der Waals surface area contributed by atoms with E-state index in [1.807, 2.05) is 4.90 Å². The largest absolute Gasteiger partial charge is 0.332 e. The first-order valence-corrected chi connectivity index (χ1v) is 11.7. The van der Waals surface area contributed by atoms with Gasteiger partial charge in [0, 0.05) is 32.0 Å². The molecule has 0 bridgehead atoms. The number of amides is 1. The van der Waals surface area contributed by atoms with Gasteiger partial charge in [-0.3, -0.25) is 9.59 Å². The highest BCUT2D eigenvalue weighted by atomic mass is 32.2. The topological polar surface area (TPSA) is 103 Å². The lowest BCUT2D eigenvalue weighted by Crippen LogP contribution is -2.44. The number of aromatic amines is 1. The van der Waals surface area contributed by atoms with Crippen molar-refractivity contribution >= 4 is 15.9 Å². The first-order chi connectivity index (χ1) is 13.3. The maximum absolute atomic E-state index is 12.8. The van der Waals surface area contributed by atoms with Crippen molar-refractivity contribution in [1.82, 2.24) is 19.2 Å². The minimum absolute atomic E-state index is 0.0633. The van der Waals surface area contributed by atoms with Crippen LogP contribution in [0, 0.1) is 5.92 Å². The number of fused-ring (bicyclic) bond motifs is 1. The molecule has 0 unspecified atom stereocenters. The normalized spacial score (nSPS) is 23.7. The molecule has 0 spiro atoms. The maximum atomic E-state index is 12.8. The number of sulfonamides is 1. The minimum Gasteiger partial charge on any atom is -0.332 e. The summed E-state index contributed by atoms with van der Waals surface area (Å²) in [6.07, 6.45) is 5.11. The molecule has 154 valence electrons. The van der Waals surface area contributed by atoms with Crippen LogP contribution in [0.4, 0.5) is 0 Å². The Morgan fingerprint density at radius 3 is 2.61 bits per heavy atom. The molecule has 1 aromatic rings. The molecule has 1 saturated heterocycles. The quantitative estimate of drug-likeness (QED) is 0.809. The predicted octanol–water partition coefficient (Wildman–Crippen LogP) is 1.33. The molecule has 28 heavy (non-hydrogen) atoms. The molecule has 2 fully saturated rings. The zero-order valence-electron chi connectivity index (χ0n) is 16.5. The van der Waals surface area contributed by atoms with Crippen molar-refractivity contribution in [3.63, 3.8) is 0 Å². The highest BCUT2D eigenvalue weighted by Crippen LogP contribution is 2.37. The number of piperidine rings is 1. The number of H-pyrrole nitrogens is 1. The molecule has 3 heterocycles. The van der Waals surface area contributed by atoms with Gasteiger partial charge in [-0.25, -0.2) is 13.4 Å². The Balaban J connectivity index is 1.62. The zero-order chi connectivity index (χ0) is 20.1. The molecule has 2 aliphatic heterocycles. The van der Waals surface area contributed by atoms with Crippen LogP contribution in [0.3, 0.4) is 0 Å². The van der Waals surface area contributed by atoms with Crippen LogP contribution < -0.4 is 5.56 Å². The molecule has 1 N–H and O–H groups in total. The van der Waals surface area contributed by atoms with E-state index in [-0.39, 0.29) is 30.0 Å². The molecule has 1 aromatic heterocycles. The van der Waals surface area contributed by atoms with E-state index in [9.17, 15) is 18.0 Å². The lowest BCUT2D eigenvalue weighted by molar-refractivity contribution is -0.136. The molecule has 0 aromatic carbocycles. The molecule has 4 rings (SSSR count). The monoisotopic (exact) mass is 408 g/mol. The first kappa shape index (κ1) is 19.6. The Bertz CT molecular complexity index is 936. The summed E-state index contributed by atoms with van der Waals surface area (Å²) in [4.78, 5) is 34.9. The van der Waals surface area contributed by atoms with Gasteiger partial charge in [-0.05, 0) is 46.0 Å². The molecular formula is C19H28N4O4S. The summed E-state index contributed by atoms with van der Waals surface area (Å²) < 4.78 is 26.3. The fourth-order valence-corrected chi connectivity index (χ4v) is 5.39. The summed E-state index contributed by atoms with van der Waals surface area (Å²) >= 11 is 0. The molecule has 3 aliphatic rings. The van der Waals surface area contributed by atoms with Crippen LogP contribution in [-0.4, -0.2) is 51.8 Å². The Morgan fingerprint density at radius 1 is 1.18 bits per heavy atom. The van der Waals surface area contributed by atoms with Crippen LogP contribution in [0.25, 0.3) is 0 Å². The van der Waals surface area contributed by atoms with E-state index in [0.717, 1.165) is 32.1 Å². The summed E-state index contributed by atoms with van der Waals surface area (Å²) in [5.41, 5.74) is 0.807. The van der Waals surface area contributed by atoms with E-state index in [2.05, 4.69) is 4.98 Å². The second-order valence-electron chi connectivity index (χ2n) is 8.37. The third kappa shape index (κ3) is 3.50. The van der Waals surface area contributed by atoms with Crippen molar-refractivity contribution in [2.45, 2.75) is 70.2 Å². The Kier molecular flexibility index (Phi) is 5.07. The molecule has 1 aliphatic carbocycles. The van der Waals surface area contributed by atoms with E-state index in [1.165, 1.54) is 4.31 Å². The summed E-state index contributed by atoms with van der Waals surface area (Å²) in [6, 6.07) is -0.183. The maximum Gasteiger partial charge on any atom is 0.255 e. The van der Waals surface area contributed by atoms with E-state index in [4.69, 9.17) is 4.98 Å². The van der Waals surface area contributed by atoms with Gasteiger partial charge in [-0.2, -0.15) is 4.31 Å². The molecule has 1 amide bonds. The molecule has 9 heteroatoms. The molecule has 1 saturated carbocycles. The number of hydrogen-bond acceptors (Lipinski definition) is 5. The van der Waals surface area contributed by atoms with E-state index < -0.39 is 15.3 Å². The van der Waals surface area contributed by atoms with Crippen molar-refractivity contribution in [1.29, 1.82) is 0 Å². The van der Waals surface area contributed by atoms with Gasteiger partial charge in [0.2, 0.25) is 15.9 Å². The Labute approximate surface area is 165 Å². The summed E-state index contributed by atoms with van der Waals surface area (Å²) in [5, 5.41) is -0.524. The Morgan fingerprint density at radius 2 is 1.93 bits per heavy atom. The van der Waals surface area contributed by atoms with Crippen LogP contribution in [-0.2, 0) is 27.8 Å². The standard InChI is InChI=1S/C19H28N4O4S/c1-12(2)28(26,27)22-10-8-15-14(11-22)18(24)21-17(20-15)16-5-3-4-9-23(16)19(25)13-6-7-13/h12-13,16H,3-11H2,1-2H3,(H,20,21,24)/t16-/m0/s1. The number of nitrogens with one attached hydrogen (secondary N) is 1. The molecule has 8 nitrogen and oxygen atoms in total.